The molecule has 0 bridgehead atoms. The van der Waals surface area contributed by atoms with Crippen molar-refractivity contribution >= 4 is 5.91 Å². The van der Waals surface area contributed by atoms with Crippen LogP contribution in [-0.2, 0) is 11.3 Å². The molecule has 0 saturated carbocycles. The molecule has 5 heteroatoms. The summed E-state index contributed by atoms with van der Waals surface area (Å²) in [6.45, 7) is 7.23. The van der Waals surface area contributed by atoms with Gasteiger partial charge >= 0.3 is 0 Å². The fraction of sp³-hybridized carbons (Fsp3) is 0.667. The Morgan fingerprint density at radius 2 is 1.58 bits per heavy atom. The van der Waals surface area contributed by atoms with Gasteiger partial charge in [-0.25, -0.2) is 4.39 Å². The van der Waals surface area contributed by atoms with E-state index >= 15 is 0 Å². The van der Waals surface area contributed by atoms with Crippen LogP contribution in [0.1, 0.15) is 44.1 Å². The van der Waals surface area contributed by atoms with Crippen LogP contribution in [0.3, 0.4) is 0 Å². The van der Waals surface area contributed by atoms with Gasteiger partial charge in [-0.3, -0.25) is 9.69 Å². The number of likely N-dealkylation sites (tertiary alicyclic amines) is 3. The highest BCUT2D eigenvalue weighted by Gasteiger charge is 2.46. The molecule has 4 rings (SSSR count). The fourth-order valence-corrected chi connectivity index (χ4v) is 4.98. The molecule has 0 aromatic heterocycles. The molecule has 0 radical (unpaired) electrons. The molecule has 0 unspecified atom stereocenters. The van der Waals surface area contributed by atoms with Gasteiger partial charge in [0.1, 0.15) is 5.82 Å². The third-order valence-corrected chi connectivity index (χ3v) is 6.62. The average Bonchev–Trinajstić information content (AvgIpc) is 3.27. The van der Waals surface area contributed by atoms with E-state index in [2.05, 4.69) is 14.7 Å². The Bertz CT molecular complexity index is 619. The topological polar surface area (TPSA) is 26.8 Å². The first kappa shape index (κ1) is 17.9. The first-order valence-electron chi connectivity index (χ1n) is 10.1. The quantitative estimate of drug-likeness (QED) is 0.809. The van der Waals surface area contributed by atoms with Crippen LogP contribution in [0.2, 0.25) is 0 Å². The summed E-state index contributed by atoms with van der Waals surface area (Å²) in [5.41, 5.74) is 1.26. The van der Waals surface area contributed by atoms with Gasteiger partial charge in [0.15, 0.2) is 0 Å². The number of nitrogens with zero attached hydrogens (tertiary/aromatic N) is 3. The van der Waals surface area contributed by atoms with E-state index in [1.165, 1.54) is 38.1 Å². The van der Waals surface area contributed by atoms with Gasteiger partial charge in [0.05, 0.1) is 0 Å². The predicted octanol–water partition coefficient (Wildman–Crippen LogP) is 2.88. The van der Waals surface area contributed by atoms with Gasteiger partial charge in [0.25, 0.3) is 0 Å². The molecule has 1 spiro atoms. The number of halogens is 1. The Balaban J connectivity index is 1.33. The molecule has 1 aromatic rings. The number of benzene rings is 1. The number of carbonyl (C=O) groups excluding carboxylic acids is 1. The molecule has 3 aliphatic heterocycles. The summed E-state index contributed by atoms with van der Waals surface area (Å²) in [6.07, 6.45) is 6.49. The summed E-state index contributed by atoms with van der Waals surface area (Å²) in [4.78, 5) is 19.7. The number of hydrogen-bond acceptors (Lipinski definition) is 3. The van der Waals surface area contributed by atoms with E-state index in [4.69, 9.17) is 0 Å². The van der Waals surface area contributed by atoms with E-state index in [-0.39, 0.29) is 11.4 Å². The largest absolute Gasteiger partial charge is 0.336 e. The van der Waals surface area contributed by atoms with E-state index in [0.29, 0.717) is 5.91 Å². The van der Waals surface area contributed by atoms with Crippen LogP contribution >= 0.6 is 0 Å². The van der Waals surface area contributed by atoms with Crippen molar-refractivity contribution in [1.29, 1.82) is 0 Å². The highest BCUT2D eigenvalue weighted by atomic mass is 19.1. The molecule has 142 valence electrons. The van der Waals surface area contributed by atoms with E-state index in [9.17, 15) is 9.18 Å². The van der Waals surface area contributed by atoms with Crippen LogP contribution < -0.4 is 0 Å². The molecule has 26 heavy (non-hydrogen) atoms. The molecule has 1 amide bonds. The van der Waals surface area contributed by atoms with Gasteiger partial charge in [0.2, 0.25) is 5.91 Å². The third-order valence-electron chi connectivity index (χ3n) is 6.62. The third kappa shape index (κ3) is 3.79. The minimum atomic E-state index is -0.176. The minimum Gasteiger partial charge on any atom is -0.336 e. The number of piperidine rings is 1. The van der Waals surface area contributed by atoms with Gasteiger partial charge in [-0.15, -0.1) is 0 Å². The molecule has 1 aromatic carbocycles. The lowest BCUT2D eigenvalue weighted by atomic mass is 9.84. The molecule has 3 saturated heterocycles. The van der Waals surface area contributed by atoms with Crippen molar-refractivity contribution in [3.05, 3.63) is 35.6 Å². The molecular formula is C21H30FN3O. The predicted molar refractivity (Wildman–Crippen MR) is 100 cm³/mol. The standard InChI is InChI=1S/C21H30FN3O/c22-19-5-3-18(4-6-19)17-24-13-9-21(10-14-24)8-7-20(26)25(21)16-15-23-11-1-2-12-23/h3-6H,1-2,7-17H2. The van der Waals surface area contributed by atoms with Crippen LogP contribution in [0.4, 0.5) is 4.39 Å². The fourth-order valence-electron chi connectivity index (χ4n) is 4.98. The smallest absolute Gasteiger partial charge is 0.223 e. The second kappa shape index (κ2) is 7.65. The van der Waals surface area contributed by atoms with Gasteiger partial charge in [-0.05, 0) is 62.9 Å². The Hall–Kier alpha value is -1.46. The van der Waals surface area contributed by atoms with Gasteiger partial charge in [0, 0.05) is 44.7 Å². The van der Waals surface area contributed by atoms with Gasteiger partial charge in [-0.1, -0.05) is 12.1 Å². The van der Waals surface area contributed by atoms with Crippen LogP contribution in [0.5, 0.6) is 0 Å². The van der Waals surface area contributed by atoms with Crippen molar-refractivity contribution in [3.63, 3.8) is 0 Å². The molecule has 3 aliphatic rings. The number of amides is 1. The Morgan fingerprint density at radius 3 is 2.27 bits per heavy atom. The highest BCUT2D eigenvalue weighted by Crippen LogP contribution is 2.39. The summed E-state index contributed by atoms with van der Waals surface area (Å²) in [6, 6.07) is 6.83. The maximum absolute atomic E-state index is 13.1. The monoisotopic (exact) mass is 359 g/mol. The molecule has 0 aliphatic carbocycles. The first-order chi connectivity index (χ1) is 12.6. The van der Waals surface area contributed by atoms with Crippen molar-refractivity contribution in [2.75, 3.05) is 39.3 Å². The maximum Gasteiger partial charge on any atom is 0.223 e. The van der Waals surface area contributed by atoms with Crippen LogP contribution in [0.25, 0.3) is 0 Å². The van der Waals surface area contributed by atoms with E-state index in [1.54, 1.807) is 0 Å². The second-order valence-corrected chi connectivity index (χ2v) is 8.22. The zero-order valence-corrected chi connectivity index (χ0v) is 15.6. The van der Waals surface area contributed by atoms with Crippen LogP contribution in [-0.4, -0.2) is 65.4 Å². The Morgan fingerprint density at radius 1 is 0.885 bits per heavy atom. The van der Waals surface area contributed by atoms with Crippen LogP contribution in [0, 0.1) is 5.82 Å². The summed E-state index contributed by atoms with van der Waals surface area (Å²) >= 11 is 0. The molecule has 4 nitrogen and oxygen atoms in total. The molecule has 0 atom stereocenters. The lowest BCUT2D eigenvalue weighted by molar-refractivity contribution is -0.132. The summed E-state index contributed by atoms with van der Waals surface area (Å²) in [5, 5.41) is 0. The number of carbonyl (C=O) groups is 1. The number of hydrogen-bond donors (Lipinski definition) is 0. The average molecular weight is 359 g/mol. The minimum absolute atomic E-state index is 0.0934. The summed E-state index contributed by atoms with van der Waals surface area (Å²) in [7, 11) is 0. The van der Waals surface area contributed by atoms with E-state index < -0.39 is 0 Å². The summed E-state index contributed by atoms with van der Waals surface area (Å²) < 4.78 is 13.1. The molecular weight excluding hydrogens is 329 g/mol. The van der Waals surface area contributed by atoms with Crippen molar-refractivity contribution in [2.45, 2.75) is 50.6 Å². The second-order valence-electron chi connectivity index (χ2n) is 8.22. The Kier molecular flexibility index (Phi) is 5.28. The Labute approximate surface area is 155 Å². The van der Waals surface area contributed by atoms with Gasteiger partial charge in [-0.2, -0.15) is 0 Å². The SMILES string of the molecule is O=C1CCC2(CCN(Cc3ccc(F)cc3)CC2)N1CCN1CCCC1. The van der Waals surface area contributed by atoms with Crippen molar-refractivity contribution in [2.24, 2.45) is 0 Å². The zero-order valence-electron chi connectivity index (χ0n) is 15.6. The van der Waals surface area contributed by atoms with E-state index in [0.717, 1.165) is 64.0 Å². The molecule has 3 fully saturated rings. The highest BCUT2D eigenvalue weighted by molar-refractivity contribution is 5.79. The number of rotatable bonds is 5. The van der Waals surface area contributed by atoms with E-state index in [1.807, 2.05) is 12.1 Å². The van der Waals surface area contributed by atoms with Crippen molar-refractivity contribution in [3.8, 4) is 0 Å². The van der Waals surface area contributed by atoms with Crippen LogP contribution in [0.15, 0.2) is 24.3 Å². The lowest BCUT2D eigenvalue weighted by Gasteiger charge is -2.45. The van der Waals surface area contributed by atoms with Gasteiger partial charge < -0.3 is 9.80 Å². The zero-order chi connectivity index (χ0) is 18.0. The lowest BCUT2D eigenvalue weighted by Crippen LogP contribution is -2.54. The molecule has 0 N–H and O–H groups in total. The normalized spacial score (nSPS) is 24.0. The van der Waals surface area contributed by atoms with Crippen molar-refractivity contribution < 1.29 is 9.18 Å². The first-order valence-corrected chi connectivity index (χ1v) is 10.1. The summed E-state index contributed by atoms with van der Waals surface area (Å²) in [5.74, 6) is 0.181. The maximum atomic E-state index is 13.1. The molecule has 3 heterocycles. The van der Waals surface area contributed by atoms with Crippen molar-refractivity contribution in [1.82, 2.24) is 14.7 Å².